The smallest absolute Gasteiger partial charge is 0.134 e. The van der Waals surface area contributed by atoms with E-state index < -0.39 is 11.5 Å². The molecule has 0 radical (unpaired) electrons. The fourth-order valence-corrected chi connectivity index (χ4v) is 0.801. The Kier molecular flexibility index (Phi) is 5.52. The minimum absolute atomic E-state index is 0.799. The van der Waals surface area contributed by atoms with Crippen LogP contribution >= 0.6 is 0 Å². The molecule has 0 aliphatic rings. The van der Waals surface area contributed by atoms with Crippen molar-refractivity contribution in [3.63, 3.8) is 0 Å². The average Bonchev–Trinajstić information content (AvgIpc) is 1.83. The van der Waals surface area contributed by atoms with Gasteiger partial charge in [-0.2, -0.15) is 0 Å². The van der Waals surface area contributed by atoms with Crippen molar-refractivity contribution in [2.75, 3.05) is 13.6 Å². The van der Waals surface area contributed by atoms with Crippen LogP contribution in [0.3, 0.4) is 0 Å². The Morgan fingerprint density at radius 1 is 1.62 bits per heavy atom. The quantitative estimate of drug-likeness (QED) is 0.525. The van der Waals surface area contributed by atoms with E-state index in [1.807, 2.05) is 6.92 Å². The minimum Gasteiger partial charge on any atom is -0.579 e. The van der Waals surface area contributed by atoms with Gasteiger partial charge in [0, 0.05) is 13.6 Å². The van der Waals surface area contributed by atoms with E-state index in [1.165, 1.54) is 0 Å². The van der Waals surface area contributed by atoms with Gasteiger partial charge in [0.2, 0.25) is 0 Å². The summed E-state index contributed by atoms with van der Waals surface area (Å²) in [6.07, 6.45) is 1.01. The van der Waals surface area contributed by atoms with Gasteiger partial charge in [-0.25, -0.2) is 0 Å². The standard InChI is InChI=1S/C4H12N2OS/c1-3-4-6-8(7)5-2/h5-6H,3-4H2,1-2H3. The molecule has 4 heteroatoms. The number of nitrogens with one attached hydrogen (secondary N) is 2. The lowest BCUT2D eigenvalue weighted by atomic mass is 10.5. The fraction of sp³-hybridized carbons (Fsp3) is 1.00. The van der Waals surface area contributed by atoms with Crippen LogP contribution in [0.4, 0.5) is 0 Å². The summed E-state index contributed by atoms with van der Waals surface area (Å²) in [4.78, 5) is 0. The molecule has 0 aromatic rings. The molecule has 8 heavy (non-hydrogen) atoms. The Bertz CT molecular complexity index is 53.3. The van der Waals surface area contributed by atoms with Gasteiger partial charge >= 0.3 is 0 Å². The lowest BCUT2D eigenvalue weighted by molar-refractivity contribution is 0.571. The molecule has 0 heterocycles. The van der Waals surface area contributed by atoms with Gasteiger partial charge in [-0.1, -0.05) is 6.92 Å². The second-order valence-electron chi connectivity index (χ2n) is 1.37. The molecule has 0 aromatic carbocycles. The number of hydrogen-bond acceptors (Lipinski definition) is 3. The van der Waals surface area contributed by atoms with Crippen LogP contribution in [0.25, 0.3) is 0 Å². The van der Waals surface area contributed by atoms with Crippen molar-refractivity contribution < 1.29 is 4.55 Å². The Labute approximate surface area is 53.3 Å². The van der Waals surface area contributed by atoms with Crippen LogP contribution in [-0.2, 0) is 11.5 Å². The molecule has 0 amide bonds. The van der Waals surface area contributed by atoms with Gasteiger partial charge in [-0.3, -0.25) is 0 Å². The topological polar surface area (TPSA) is 47.1 Å². The van der Waals surface area contributed by atoms with E-state index in [-0.39, 0.29) is 0 Å². The van der Waals surface area contributed by atoms with Crippen LogP contribution in [0.2, 0.25) is 0 Å². The van der Waals surface area contributed by atoms with Gasteiger partial charge in [0.15, 0.2) is 0 Å². The predicted molar refractivity (Wildman–Crippen MR) is 35.5 cm³/mol. The van der Waals surface area contributed by atoms with E-state index >= 15 is 0 Å². The van der Waals surface area contributed by atoms with Crippen molar-refractivity contribution in [2.24, 2.45) is 0 Å². The van der Waals surface area contributed by atoms with Crippen LogP contribution in [0.1, 0.15) is 13.3 Å². The summed E-state index contributed by atoms with van der Waals surface area (Å²) in [6.45, 7) is 2.83. The third-order valence-corrected chi connectivity index (χ3v) is 1.51. The number of rotatable bonds is 4. The molecule has 2 N–H and O–H groups in total. The van der Waals surface area contributed by atoms with Gasteiger partial charge in [-0.15, -0.1) is 9.44 Å². The molecule has 50 valence electrons. The predicted octanol–water partition coefficient (Wildman–Crippen LogP) is -0.216. The summed E-state index contributed by atoms with van der Waals surface area (Å²) in [5.41, 5.74) is 0. The zero-order valence-electron chi connectivity index (χ0n) is 5.23. The van der Waals surface area contributed by atoms with Crippen LogP contribution in [0.15, 0.2) is 0 Å². The normalized spacial score (nSPS) is 13.9. The van der Waals surface area contributed by atoms with E-state index in [0.717, 1.165) is 13.0 Å². The van der Waals surface area contributed by atoms with Gasteiger partial charge in [0.25, 0.3) is 0 Å². The third kappa shape index (κ3) is 4.39. The SMILES string of the molecule is CCCN[S+]([O-])NC. The molecular formula is C4H12N2OS. The molecule has 0 rings (SSSR count). The molecule has 0 aliphatic heterocycles. The first kappa shape index (κ1) is 8.23. The molecule has 0 aliphatic carbocycles. The molecule has 3 nitrogen and oxygen atoms in total. The molecule has 0 saturated heterocycles. The van der Waals surface area contributed by atoms with E-state index in [9.17, 15) is 4.55 Å². The molecular weight excluding hydrogens is 124 g/mol. The van der Waals surface area contributed by atoms with Gasteiger partial charge in [0.05, 0.1) is 0 Å². The second-order valence-corrected chi connectivity index (χ2v) is 2.60. The van der Waals surface area contributed by atoms with Gasteiger partial charge in [-0.05, 0) is 6.42 Å². The maximum absolute atomic E-state index is 10.5. The van der Waals surface area contributed by atoms with Crippen molar-refractivity contribution in [1.82, 2.24) is 9.44 Å². The van der Waals surface area contributed by atoms with E-state index in [4.69, 9.17) is 0 Å². The van der Waals surface area contributed by atoms with E-state index in [0.29, 0.717) is 0 Å². The van der Waals surface area contributed by atoms with Crippen LogP contribution < -0.4 is 9.44 Å². The van der Waals surface area contributed by atoms with Crippen molar-refractivity contribution >= 4 is 11.5 Å². The first-order valence-corrected chi connectivity index (χ1v) is 3.79. The van der Waals surface area contributed by atoms with Crippen molar-refractivity contribution in [1.29, 1.82) is 0 Å². The summed E-state index contributed by atoms with van der Waals surface area (Å²) in [6, 6.07) is 0. The highest BCUT2D eigenvalue weighted by molar-refractivity contribution is 7.87. The van der Waals surface area contributed by atoms with Crippen LogP contribution in [0.5, 0.6) is 0 Å². The molecule has 0 bridgehead atoms. The van der Waals surface area contributed by atoms with E-state index in [1.54, 1.807) is 7.05 Å². The largest absolute Gasteiger partial charge is 0.579 e. The zero-order chi connectivity index (χ0) is 6.41. The lowest BCUT2D eigenvalue weighted by Crippen LogP contribution is -2.34. The Balaban J connectivity index is 2.86. The molecule has 1 atom stereocenters. The Hall–Kier alpha value is 0.230. The molecule has 0 saturated carbocycles. The maximum Gasteiger partial charge on any atom is 0.134 e. The summed E-state index contributed by atoms with van der Waals surface area (Å²) in [7, 11) is 1.65. The first-order valence-electron chi connectivity index (χ1n) is 2.64. The fourth-order valence-electron chi connectivity index (χ4n) is 0.267. The first-order chi connectivity index (χ1) is 3.81. The van der Waals surface area contributed by atoms with Gasteiger partial charge in [0.1, 0.15) is 11.5 Å². The summed E-state index contributed by atoms with van der Waals surface area (Å²) in [5.74, 6) is 0. The van der Waals surface area contributed by atoms with Crippen molar-refractivity contribution in [3.05, 3.63) is 0 Å². The maximum atomic E-state index is 10.5. The van der Waals surface area contributed by atoms with E-state index in [2.05, 4.69) is 9.44 Å². The summed E-state index contributed by atoms with van der Waals surface area (Å²) >= 11 is -1.03. The lowest BCUT2D eigenvalue weighted by Gasteiger charge is -2.05. The second kappa shape index (κ2) is 5.37. The highest BCUT2D eigenvalue weighted by Crippen LogP contribution is 1.74. The third-order valence-electron chi connectivity index (χ3n) is 0.669. The summed E-state index contributed by atoms with van der Waals surface area (Å²) in [5, 5.41) is 0. The Morgan fingerprint density at radius 3 is 2.62 bits per heavy atom. The Morgan fingerprint density at radius 2 is 2.25 bits per heavy atom. The van der Waals surface area contributed by atoms with Crippen LogP contribution in [-0.4, -0.2) is 18.1 Å². The molecule has 0 fully saturated rings. The number of hydrogen-bond donors (Lipinski definition) is 2. The zero-order valence-corrected chi connectivity index (χ0v) is 6.05. The van der Waals surface area contributed by atoms with Crippen LogP contribution in [0, 0.1) is 0 Å². The monoisotopic (exact) mass is 136 g/mol. The molecule has 0 aromatic heterocycles. The van der Waals surface area contributed by atoms with Crippen molar-refractivity contribution in [3.8, 4) is 0 Å². The summed E-state index contributed by atoms with van der Waals surface area (Å²) < 4.78 is 15.8. The highest BCUT2D eigenvalue weighted by Gasteiger charge is 1.96. The average molecular weight is 136 g/mol. The molecule has 1 unspecified atom stereocenters. The molecule has 0 spiro atoms. The van der Waals surface area contributed by atoms with Gasteiger partial charge < -0.3 is 4.55 Å². The highest BCUT2D eigenvalue weighted by atomic mass is 32.2. The minimum atomic E-state index is -1.03. The van der Waals surface area contributed by atoms with Crippen molar-refractivity contribution in [2.45, 2.75) is 13.3 Å².